The van der Waals surface area contributed by atoms with Gasteiger partial charge in [-0.25, -0.2) is 0 Å². The van der Waals surface area contributed by atoms with Crippen molar-refractivity contribution in [3.63, 3.8) is 0 Å². The summed E-state index contributed by atoms with van der Waals surface area (Å²) in [5.41, 5.74) is 0.454. The molecule has 7 heteroatoms. The van der Waals surface area contributed by atoms with Crippen LogP contribution in [0.4, 0.5) is 0 Å². The Balaban J connectivity index is 0.000000360. The van der Waals surface area contributed by atoms with E-state index in [9.17, 15) is 9.59 Å². The fraction of sp³-hybridized carbons (Fsp3) is 0.333. The van der Waals surface area contributed by atoms with Crippen LogP contribution >= 0.6 is 0 Å². The molecule has 6 nitrogen and oxygen atoms in total. The van der Waals surface area contributed by atoms with Gasteiger partial charge < -0.3 is 14.6 Å². The molecule has 0 aromatic carbocycles. The molecule has 0 bridgehead atoms. The molecule has 22 heavy (non-hydrogen) atoms. The molecule has 0 radical (unpaired) electrons. The Morgan fingerprint density at radius 3 is 2.27 bits per heavy atom. The van der Waals surface area contributed by atoms with Gasteiger partial charge in [0.25, 0.3) is 0 Å². The first-order valence-corrected chi connectivity index (χ1v) is 7.18. The minimum atomic E-state index is -0.386. The summed E-state index contributed by atoms with van der Waals surface area (Å²) in [5, 5.41) is 18.1. The van der Waals surface area contributed by atoms with Crippen LogP contribution in [0.2, 0.25) is 0 Å². The predicted octanol–water partition coefficient (Wildman–Crippen LogP) is 2.52. The quantitative estimate of drug-likeness (QED) is 0.853. The summed E-state index contributed by atoms with van der Waals surface area (Å²) in [4.78, 5) is 21.5. The van der Waals surface area contributed by atoms with Gasteiger partial charge in [-0.2, -0.15) is 0 Å². The molecule has 1 aromatic rings. The van der Waals surface area contributed by atoms with E-state index in [0.29, 0.717) is 18.6 Å². The zero-order valence-electron chi connectivity index (χ0n) is 12.4. The van der Waals surface area contributed by atoms with Crippen molar-refractivity contribution in [2.75, 3.05) is 0 Å². The number of aliphatic hydroxyl groups is 1. The second kappa shape index (κ2) is 10.8. The number of aryl methyl sites for hydroxylation is 1. The average Bonchev–Trinajstić information content (AvgIpc) is 2.55. The molecular weight excluding hydrogens is 327 g/mol. The van der Waals surface area contributed by atoms with Crippen LogP contribution in [0.15, 0.2) is 45.0 Å². The summed E-state index contributed by atoms with van der Waals surface area (Å²) in [6.45, 7) is 3.73. The van der Waals surface area contributed by atoms with Crippen molar-refractivity contribution in [3.05, 3.63) is 51.8 Å². The van der Waals surface area contributed by atoms with Gasteiger partial charge in [0.05, 0.1) is 6.26 Å². The van der Waals surface area contributed by atoms with E-state index in [4.69, 9.17) is 18.3 Å². The van der Waals surface area contributed by atoms with Crippen molar-refractivity contribution in [3.8, 4) is 5.75 Å². The van der Waals surface area contributed by atoms with E-state index < -0.39 is 0 Å². The molecule has 2 N–H and O–H groups in total. The van der Waals surface area contributed by atoms with Gasteiger partial charge >= 0.3 is 21.0 Å². The number of ketones is 1. The van der Waals surface area contributed by atoms with Gasteiger partial charge in [-0.3, -0.25) is 9.59 Å². The number of aliphatic hydroxyl groups excluding tert-OH is 1. The minimum absolute atomic E-state index is 0.0509. The van der Waals surface area contributed by atoms with Crippen LogP contribution in [0.3, 0.4) is 0 Å². The van der Waals surface area contributed by atoms with E-state index in [1.165, 1.54) is 18.4 Å². The molecule has 1 heterocycles. The first kappa shape index (κ1) is 20.1. The Labute approximate surface area is 137 Å². The summed E-state index contributed by atoms with van der Waals surface area (Å²) in [6, 6.07) is 1.19. The molecule has 0 amide bonds. The van der Waals surface area contributed by atoms with Crippen LogP contribution < -0.4 is 5.43 Å². The van der Waals surface area contributed by atoms with Crippen LogP contribution in [-0.2, 0) is 32.3 Å². The molecule has 0 saturated heterocycles. The maximum absolute atomic E-state index is 10.8. The Morgan fingerprint density at radius 1 is 1.18 bits per heavy atom. The van der Waals surface area contributed by atoms with E-state index in [1.807, 2.05) is 6.92 Å². The zero-order valence-corrected chi connectivity index (χ0v) is 13.8. The first-order valence-electron chi connectivity index (χ1n) is 6.61. The number of hydrogen-bond acceptors (Lipinski definition) is 6. The molecule has 0 saturated carbocycles. The Hall–Kier alpha value is -1.92. The van der Waals surface area contributed by atoms with Gasteiger partial charge in [0.2, 0.25) is 17.0 Å². The van der Waals surface area contributed by atoms with Crippen molar-refractivity contribution in [2.24, 2.45) is 0 Å². The molecule has 119 valence electrons. The Kier molecular flexibility index (Phi) is 9.82. The number of aromatic hydroxyl groups is 1. The SMILES string of the molecule is CCC1=C(O)C(=O)C=CC1.CCc1occc(=O)c1O.[O]=[V]. The molecule has 1 aliphatic rings. The van der Waals surface area contributed by atoms with E-state index in [0.717, 1.165) is 29.4 Å². The van der Waals surface area contributed by atoms with E-state index in [1.54, 1.807) is 13.0 Å². The van der Waals surface area contributed by atoms with Crippen molar-refractivity contribution in [1.82, 2.24) is 0 Å². The normalized spacial score (nSPS) is 12.9. The van der Waals surface area contributed by atoms with Gasteiger partial charge in [0.1, 0.15) is 5.76 Å². The van der Waals surface area contributed by atoms with Gasteiger partial charge in [0, 0.05) is 12.5 Å². The van der Waals surface area contributed by atoms with Crippen molar-refractivity contribution < 1.29 is 40.5 Å². The molecule has 0 spiro atoms. The van der Waals surface area contributed by atoms with E-state index in [-0.39, 0.29) is 22.7 Å². The summed E-state index contributed by atoms with van der Waals surface area (Å²) in [6.07, 6.45) is 6.47. The Morgan fingerprint density at radius 2 is 1.82 bits per heavy atom. The summed E-state index contributed by atoms with van der Waals surface area (Å²) in [7, 11) is 0. The number of rotatable bonds is 2. The third-order valence-corrected chi connectivity index (χ3v) is 2.88. The number of carbonyl (C=O) groups excluding carboxylic acids is 1. The van der Waals surface area contributed by atoms with Crippen molar-refractivity contribution in [2.45, 2.75) is 33.1 Å². The van der Waals surface area contributed by atoms with E-state index in [2.05, 4.69) is 0 Å². The van der Waals surface area contributed by atoms with Crippen LogP contribution in [0.5, 0.6) is 5.75 Å². The summed E-state index contributed by atoms with van der Waals surface area (Å²) in [5.74, 6) is -0.245. The molecule has 1 aromatic heterocycles. The predicted molar refractivity (Wildman–Crippen MR) is 75.4 cm³/mol. The number of allylic oxidation sites excluding steroid dienone is 3. The fourth-order valence-corrected chi connectivity index (χ4v) is 1.67. The zero-order chi connectivity index (χ0) is 17.1. The van der Waals surface area contributed by atoms with Crippen LogP contribution in [0, 0.1) is 0 Å². The summed E-state index contributed by atoms with van der Waals surface area (Å²) >= 11 is 1.06. The van der Waals surface area contributed by atoms with Gasteiger partial charge in [-0.05, 0) is 24.5 Å². The number of hydrogen-bond donors (Lipinski definition) is 2. The molecule has 2 rings (SSSR count). The third-order valence-electron chi connectivity index (χ3n) is 2.88. The summed E-state index contributed by atoms with van der Waals surface area (Å²) < 4.78 is 13.0. The molecule has 0 unspecified atom stereocenters. The monoisotopic (exact) mass is 345 g/mol. The van der Waals surface area contributed by atoms with Crippen LogP contribution in [0.25, 0.3) is 0 Å². The van der Waals surface area contributed by atoms with Gasteiger partial charge in [-0.15, -0.1) is 0 Å². The second-order valence-electron chi connectivity index (χ2n) is 4.19. The van der Waals surface area contributed by atoms with Crippen LogP contribution in [-0.4, -0.2) is 16.0 Å². The molecule has 0 atom stereocenters. The van der Waals surface area contributed by atoms with Crippen molar-refractivity contribution >= 4 is 5.78 Å². The van der Waals surface area contributed by atoms with E-state index >= 15 is 0 Å². The van der Waals surface area contributed by atoms with Gasteiger partial charge in [-0.1, -0.05) is 19.9 Å². The number of carbonyl (C=O) groups is 1. The first-order chi connectivity index (χ1) is 10.5. The standard InChI is InChI=1S/C8H10O2.C7H8O3.O.V/c1-2-6-4-3-5-7(9)8(6)10;1-2-6-7(9)5(8)3-4-10-6;;/h3,5,10H,2,4H2,1H3;3-4,9H,2H2,1H3;;. The van der Waals surface area contributed by atoms with Gasteiger partial charge in [0.15, 0.2) is 5.76 Å². The third kappa shape index (κ3) is 5.83. The fourth-order valence-electron chi connectivity index (χ4n) is 1.67. The molecule has 0 aliphatic heterocycles. The second-order valence-corrected chi connectivity index (χ2v) is 4.19. The molecule has 1 aliphatic carbocycles. The Bertz CT molecular complexity index is 615. The van der Waals surface area contributed by atoms with Crippen molar-refractivity contribution in [1.29, 1.82) is 0 Å². The molecule has 0 fully saturated rings. The molecular formula is C15H18O6V. The topological polar surface area (TPSA) is 105 Å². The van der Waals surface area contributed by atoms with Crippen LogP contribution in [0.1, 0.15) is 32.4 Å². The average molecular weight is 345 g/mol. The maximum atomic E-state index is 10.8.